The van der Waals surface area contributed by atoms with Gasteiger partial charge in [0, 0.05) is 36.4 Å². The molecule has 30 heavy (non-hydrogen) atoms. The van der Waals surface area contributed by atoms with Crippen LogP contribution in [-0.4, -0.2) is 55.0 Å². The molecule has 0 amide bonds. The zero-order chi connectivity index (χ0) is 22.5. The summed E-state index contributed by atoms with van der Waals surface area (Å²) in [5.74, 6) is -0.388. The van der Waals surface area contributed by atoms with Crippen molar-refractivity contribution in [1.29, 1.82) is 0 Å². The lowest BCUT2D eigenvalue weighted by atomic mass is 9.79. The lowest BCUT2D eigenvalue weighted by Crippen LogP contribution is -2.27. The average molecular weight is 457 g/mol. The van der Waals surface area contributed by atoms with E-state index in [1.807, 2.05) is 25.3 Å². The van der Waals surface area contributed by atoms with E-state index in [0.29, 0.717) is 17.3 Å². The summed E-state index contributed by atoms with van der Waals surface area (Å²) in [5, 5.41) is 0.981. The number of rotatable bonds is 7. The average Bonchev–Trinajstić information content (AvgIpc) is 2.80. The third-order valence-electron chi connectivity index (χ3n) is 5.53. The summed E-state index contributed by atoms with van der Waals surface area (Å²) in [6.07, 6.45) is 0.189. The zero-order valence-electron chi connectivity index (χ0n) is 16.6. The van der Waals surface area contributed by atoms with Crippen molar-refractivity contribution >= 4 is 48.9 Å². The van der Waals surface area contributed by atoms with Crippen molar-refractivity contribution in [1.82, 2.24) is 0 Å². The van der Waals surface area contributed by atoms with E-state index in [2.05, 4.69) is 0 Å². The van der Waals surface area contributed by atoms with Gasteiger partial charge in [-0.2, -0.15) is 21.4 Å². The third kappa shape index (κ3) is 3.97. The normalized spacial score (nSPS) is 16.0. The number of fused-ring (bicyclic) bond motifs is 3. The molecule has 0 radical (unpaired) electrons. The second kappa shape index (κ2) is 7.41. The first-order valence-corrected chi connectivity index (χ1v) is 12.1. The van der Waals surface area contributed by atoms with Gasteiger partial charge in [-0.1, -0.05) is 0 Å². The molecule has 11 heteroatoms. The van der Waals surface area contributed by atoms with Crippen LogP contribution in [0.5, 0.6) is 5.75 Å². The first-order valence-electron chi connectivity index (χ1n) is 9.03. The molecule has 0 atom stereocenters. The molecular formula is C19H22NO8S2+. The summed E-state index contributed by atoms with van der Waals surface area (Å²) in [7, 11) is -8.65. The number of carbonyl (C=O) groups is 1. The van der Waals surface area contributed by atoms with Crippen molar-refractivity contribution in [3.8, 4) is 5.75 Å². The fraction of sp³-hybridized carbons (Fsp3) is 0.368. The van der Waals surface area contributed by atoms with Crippen LogP contribution in [0, 0.1) is 0 Å². The number of nitrogens with zero attached hydrogens (tertiary/aromatic N) is 1. The molecule has 1 aliphatic heterocycles. The quantitative estimate of drug-likeness (QED) is 0.368. The highest BCUT2D eigenvalue weighted by Gasteiger charge is 2.44. The maximum Gasteiger partial charge on any atom is 0.298 e. The highest BCUT2D eigenvalue weighted by molar-refractivity contribution is 7.86. The van der Waals surface area contributed by atoms with Crippen LogP contribution in [0.25, 0.3) is 10.8 Å². The minimum absolute atomic E-state index is 0.00352. The first-order chi connectivity index (χ1) is 13.8. The van der Waals surface area contributed by atoms with Gasteiger partial charge in [0.15, 0.2) is 5.71 Å². The molecule has 0 unspecified atom stereocenters. The third-order valence-corrected chi connectivity index (χ3v) is 7.17. The molecule has 3 rings (SSSR count). The van der Waals surface area contributed by atoms with Crippen LogP contribution >= 0.6 is 0 Å². The molecule has 2 aromatic rings. The van der Waals surface area contributed by atoms with E-state index in [1.165, 1.54) is 6.07 Å². The monoisotopic (exact) mass is 456 g/mol. The Labute approximate surface area is 174 Å². The van der Waals surface area contributed by atoms with Gasteiger partial charge in [-0.05, 0) is 31.4 Å². The largest absolute Gasteiger partial charge is 0.428 e. The molecule has 0 saturated carbocycles. The smallest absolute Gasteiger partial charge is 0.298 e. The minimum Gasteiger partial charge on any atom is -0.428 e. The Bertz CT molecular complexity index is 1290. The van der Waals surface area contributed by atoms with E-state index in [1.54, 1.807) is 12.1 Å². The molecule has 0 aromatic heterocycles. The molecule has 0 spiro atoms. The number of hydrogen-bond donors (Lipinski definition) is 2. The SMILES string of the molecule is CC1=[N+](CCCS(=O)(=O)O)c2ccc3c(OC=O)cc(S(=O)(=O)O)cc3c2C1(C)C. The van der Waals surface area contributed by atoms with E-state index in [9.17, 15) is 26.2 Å². The summed E-state index contributed by atoms with van der Waals surface area (Å²) in [6.45, 7) is 6.26. The van der Waals surface area contributed by atoms with E-state index in [-0.39, 0.29) is 24.4 Å². The molecule has 9 nitrogen and oxygen atoms in total. The van der Waals surface area contributed by atoms with Crippen LogP contribution < -0.4 is 4.74 Å². The van der Waals surface area contributed by atoms with Crippen molar-refractivity contribution in [3.63, 3.8) is 0 Å². The highest BCUT2D eigenvalue weighted by atomic mass is 32.2. The second-order valence-corrected chi connectivity index (χ2v) is 10.7. The lowest BCUT2D eigenvalue weighted by Gasteiger charge is -2.18. The van der Waals surface area contributed by atoms with Crippen LogP contribution in [0.15, 0.2) is 29.2 Å². The van der Waals surface area contributed by atoms with Crippen molar-refractivity contribution in [2.24, 2.45) is 0 Å². The van der Waals surface area contributed by atoms with Crippen LogP contribution in [-0.2, 0) is 30.4 Å². The predicted molar refractivity (Wildman–Crippen MR) is 110 cm³/mol. The van der Waals surface area contributed by atoms with E-state index >= 15 is 0 Å². The molecule has 0 fully saturated rings. The summed E-state index contributed by atoms with van der Waals surface area (Å²) >= 11 is 0. The van der Waals surface area contributed by atoms with Gasteiger partial charge in [-0.3, -0.25) is 13.9 Å². The maximum atomic E-state index is 11.8. The Morgan fingerprint density at radius 2 is 1.77 bits per heavy atom. The van der Waals surface area contributed by atoms with Crippen molar-refractivity contribution in [2.75, 3.05) is 12.3 Å². The van der Waals surface area contributed by atoms with Gasteiger partial charge >= 0.3 is 0 Å². The fourth-order valence-corrected chi connectivity index (χ4v) is 4.95. The van der Waals surface area contributed by atoms with Crippen LogP contribution in [0.3, 0.4) is 0 Å². The summed E-state index contributed by atoms with van der Waals surface area (Å²) in [5.41, 5.74) is 1.83. The predicted octanol–water partition coefficient (Wildman–Crippen LogP) is 2.30. The van der Waals surface area contributed by atoms with Crippen LogP contribution in [0.1, 0.15) is 32.8 Å². The van der Waals surface area contributed by atoms with E-state index in [0.717, 1.165) is 23.0 Å². The van der Waals surface area contributed by atoms with Gasteiger partial charge in [-0.25, -0.2) is 0 Å². The van der Waals surface area contributed by atoms with Gasteiger partial charge in [0.1, 0.15) is 12.3 Å². The molecular weight excluding hydrogens is 434 g/mol. The Kier molecular flexibility index (Phi) is 5.52. The second-order valence-electron chi connectivity index (χ2n) is 7.67. The van der Waals surface area contributed by atoms with Gasteiger partial charge < -0.3 is 4.74 Å². The summed E-state index contributed by atoms with van der Waals surface area (Å²) in [4.78, 5) is 10.5. The van der Waals surface area contributed by atoms with E-state index in [4.69, 9.17) is 9.29 Å². The number of carbonyl (C=O) groups excluding carboxylic acids is 1. The lowest BCUT2D eigenvalue weighted by molar-refractivity contribution is -0.438. The highest BCUT2D eigenvalue weighted by Crippen LogP contribution is 2.46. The molecule has 2 aromatic carbocycles. The van der Waals surface area contributed by atoms with E-state index < -0.39 is 30.5 Å². The number of hydrogen-bond acceptors (Lipinski definition) is 6. The maximum absolute atomic E-state index is 11.8. The Balaban J connectivity index is 2.25. The summed E-state index contributed by atoms with van der Waals surface area (Å²) < 4.78 is 71.1. The first kappa shape index (κ1) is 22.3. The molecule has 0 bridgehead atoms. The Morgan fingerprint density at radius 1 is 1.10 bits per heavy atom. The molecule has 0 saturated heterocycles. The number of ether oxygens (including phenoxy) is 1. The molecule has 1 aliphatic rings. The fourth-order valence-electron chi connectivity index (χ4n) is 3.94. The minimum atomic E-state index is -4.56. The molecule has 0 aliphatic carbocycles. The van der Waals surface area contributed by atoms with Crippen LogP contribution in [0.2, 0.25) is 0 Å². The van der Waals surface area contributed by atoms with Crippen molar-refractivity contribution in [2.45, 2.75) is 37.5 Å². The van der Waals surface area contributed by atoms with Gasteiger partial charge in [-0.15, -0.1) is 0 Å². The van der Waals surface area contributed by atoms with Crippen LogP contribution in [0.4, 0.5) is 5.69 Å². The zero-order valence-corrected chi connectivity index (χ0v) is 18.2. The Morgan fingerprint density at radius 3 is 2.33 bits per heavy atom. The number of benzene rings is 2. The molecule has 162 valence electrons. The molecule has 2 N–H and O–H groups in total. The van der Waals surface area contributed by atoms with Gasteiger partial charge in [0.25, 0.3) is 26.7 Å². The van der Waals surface area contributed by atoms with Crippen molar-refractivity contribution in [3.05, 3.63) is 29.8 Å². The van der Waals surface area contributed by atoms with Gasteiger partial charge in [0.2, 0.25) is 5.69 Å². The topological polar surface area (TPSA) is 138 Å². The van der Waals surface area contributed by atoms with Gasteiger partial charge in [0.05, 0.1) is 16.1 Å². The molecule has 1 heterocycles. The Hall–Kier alpha value is -2.34. The van der Waals surface area contributed by atoms with Crippen molar-refractivity contribution < 1.29 is 40.0 Å². The summed E-state index contributed by atoms with van der Waals surface area (Å²) in [6, 6.07) is 5.87. The standard InChI is InChI=1S/C19H21NO8S2/c1-12-19(2,3)18-15-9-13(30(25,26)27)10-17(28-11-21)14(15)5-6-16(18)20(12)7-4-8-29(22,23)24/h5-6,9-11H,4,7-8H2,1-3H3,(H-,22,23,24,25,26,27)/p+1.